The highest BCUT2D eigenvalue weighted by Crippen LogP contribution is 2.36. The Labute approximate surface area is 132 Å². The molecule has 1 unspecified atom stereocenters. The van der Waals surface area contributed by atoms with Crippen LogP contribution < -0.4 is 5.32 Å². The maximum Gasteiger partial charge on any atom is 0.103 e. The van der Waals surface area contributed by atoms with Crippen molar-refractivity contribution in [3.63, 3.8) is 0 Å². The first-order chi connectivity index (χ1) is 10.0. The van der Waals surface area contributed by atoms with Crippen LogP contribution >= 0.6 is 0 Å². The fourth-order valence-corrected chi connectivity index (χ4v) is 3.44. The van der Waals surface area contributed by atoms with Gasteiger partial charge in [0.2, 0.25) is 0 Å². The van der Waals surface area contributed by atoms with Crippen LogP contribution in [0.3, 0.4) is 0 Å². The van der Waals surface area contributed by atoms with Gasteiger partial charge in [-0.3, -0.25) is 5.32 Å². The zero-order valence-corrected chi connectivity index (χ0v) is 14.7. The van der Waals surface area contributed by atoms with Gasteiger partial charge in [-0.25, -0.2) is 0 Å². The largest absolute Gasteiger partial charge is 0.303 e. The van der Waals surface area contributed by atoms with E-state index in [0.29, 0.717) is 5.41 Å². The molecule has 122 valence electrons. The topological polar surface area (TPSA) is 39.1 Å². The molecular formula is C18H35N3. The second-order valence-electron chi connectivity index (χ2n) is 7.06. The van der Waals surface area contributed by atoms with Gasteiger partial charge >= 0.3 is 0 Å². The van der Waals surface area contributed by atoms with Crippen LogP contribution in [-0.4, -0.2) is 36.6 Å². The molecule has 1 aliphatic rings. The van der Waals surface area contributed by atoms with E-state index in [1.54, 1.807) is 0 Å². The van der Waals surface area contributed by atoms with Gasteiger partial charge < -0.3 is 4.90 Å². The van der Waals surface area contributed by atoms with Crippen molar-refractivity contribution in [3.05, 3.63) is 0 Å². The fourth-order valence-electron chi connectivity index (χ4n) is 3.44. The minimum atomic E-state index is -0.336. The molecule has 1 aliphatic heterocycles. The van der Waals surface area contributed by atoms with Crippen molar-refractivity contribution in [2.24, 2.45) is 5.41 Å². The van der Waals surface area contributed by atoms with Gasteiger partial charge in [0.05, 0.1) is 6.07 Å². The number of hydrogen-bond acceptors (Lipinski definition) is 3. The monoisotopic (exact) mass is 293 g/mol. The van der Waals surface area contributed by atoms with Gasteiger partial charge in [-0.05, 0) is 76.9 Å². The molecule has 1 rings (SSSR count). The number of nitrogens with zero attached hydrogens (tertiary/aromatic N) is 2. The van der Waals surface area contributed by atoms with Crippen molar-refractivity contribution in [3.8, 4) is 6.07 Å². The average Bonchev–Trinajstić information content (AvgIpc) is 2.94. The first-order valence-corrected chi connectivity index (χ1v) is 8.91. The lowest BCUT2D eigenvalue weighted by Crippen LogP contribution is -2.41. The summed E-state index contributed by atoms with van der Waals surface area (Å²) in [5.74, 6) is 0. The maximum atomic E-state index is 9.33. The summed E-state index contributed by atoms with van der Waals surface area (Å²) in [7, 11) is 0. The van der Waals surface area contributed by atoms with E-state index in [1.165, 1.54) is 45.3 Å². The number of likely N-dealkylation sites (tertiary alicyclic amines) is 1. The minimum Gasteiger partial charge on any atom is -0.303 e. The first-order valence-electron chi connectivity index (χ1n) is 8.91. The Morgan fingerprint density at radius 1 is 1.24 bits per heavy atom. The van der Waals surface area contributed by atoms with E-state index in [1.807, 2.05) is 6.92 Å². The van der Waals surface area contributed by atoms with E-state index in [0.717, 1.165) is 25.8 Å². The van der Waals surface area contributed by atoms with E-state index in [2.05, 4.69) is 37.1 Å². The number of nitrogens with one attached hydrogen (secondary N) is 1. The van der Waals surface area contributed by atoms with Crippen LogP contribution in [0.4, 0.5) is 0 Å². The quantitative estimate of drug-likeness (QED) is 0.620. The summed E-state index contributed by atoms with van der Waals surface area (Å²) in [6, 6.07) is 2.45. The van der Waals surface area contributed by atoms with Crippen molar-refractivity contribution in [1.82, 2.24) is 10.2 Å². The lowest BCUT2D eigenvalue weighted by Gasteiger charge is -2.27. The maximum absolute atomic E-state index is 9.33. The van der Waals surface area contributed by atoms with Crippen LogP contribution in [0.15, 0.2) is 0 Å². The number of unbranched alkanes of at least 4 members (excludes halogenated alkanes) is 1. The average molecular weight is 293 g/mol. The third-order valence-electron chi connectivity index (χ3n) is 5.43. The molecule has 1 saturated heterocycles. The van der Waals surface area contributed by atoms with Gasteiger partial charge in [0, 0.05) is 6.54 Å². The Bertz CT molecular complexity index is 330. The molecule has 0 aromatic carbocycles. The number of nitriles is 1. The van der Waals surface area contributed by atoms with Gasteiger partial charge in [-0.2, -0.15) is 5.26 Å². The van der Waals surface area contributed by atoms with Gasteiger partial charge in [-0.15, -0.1) is 0 Å². The molecule has 3 nitrogen and oxygen atoms in total. The zero-order valence-electron chi connectivity index (χ0n) is 14.7. The molecule has 1 fully saturated rings. The molecule has 0 aliphatic carbocycles. The normalized spacial score (nSPS) is 21.1. The zero-order chi connectivity index (χ0) is 15.8. The molecule has 0 amide bonds. The molecule has 0 aromatic rings. The minimum absolute atomic E-state index is 0.336. The summed E-state index contributed by atoms with van der Waals surface area (Å²) in [4.78, 5) is 2.64. The summed E-state index contributed by atoms with van der Waals surface area (Å²) >= 11 is 0. The molecule has 0 saturated carbocycles. The van der Waals surface area contributed by atoms with Crippen LogP contribution in [-0.2, 0) is 0 Å². The number of hydrogen-bond donors (Lipinski definition) is 1. The molecule has 1 atom stereocenters. The lowest BCUT2D eigenvalue weighted by molar-refractivity contribution is 0.236. The highest BCUT2D eigenvalue weighted by molar-refractivity contribution is 5.03. The third kappa shape index (κ3) is 5.60. The Morgan fingerprint density at radius 3 is 2.48 bits per heavy atom. The lowest BCUT2D eigenvalue weighted by atomic mass is 9.82. The summed E-state index contributed by atoms with van der Waals surface area (Å²) < 4.78 is 0. The van der Waals surface area contributed by atoms with Gasteiger partial charge in [-0.1, -0.05) is 20.8 Å². The van der Waals surface area contributed by atoms with Crippen molar-refractivity contribution in [2.75, 3.05) is 26.2 Å². The molecule has 3 heteroatoms. The predicted molar refractivity (Wildman–Crippen MR) is 90.2 cm³/mol. The molecular weight excluding hydrogens is 258 g/mol. The van der Waals surface area contributed by atoms with Crippen molar-refractivity contribution in [2.45, 2.75) is 78.2 Å². The molecule has 0 aromatic heterocycles. The van der Waals surface area contributed by atoms with Crippen molar-refractivity contribution < 1.29 is 0 Å². The van der Waals surface area contributed by atoms with E-state index in [4.69, 9.17) is 0 Å². The molecule has 0 bridgehead atoms. The molecule has 1 N–H and O–H groups in total. The highest BCUT2D eigenvalue weighted by Gasteiger charge is 2.34. The molecule has 21 heavy (non-hydrogen) atoms. The van der Waals surface area contributed by atoms with Gasteiger partial charge in [0.25, 0.3) is 0 Å². The molecule has 0 radical (unpaired) electrons. The van der Waals surface area contributed by atoms with E-state index in [-0.39, 0.29) is 5.54 Å². The van der Waals surface area contributed by atoms with Crippen LogP contribution in [0, 0.1) is 16.7 Å². The number of rotatable bonds is 10. The van der Waals surface area contributed by atoms with E-state index in [9.17, 15) is 5.26 Å². The third-order valence-corrected chi connectivity index (χ3v) is 5.43. The fraction of sp³-hybridized carbons (Fsp3) is 0.944. The van der Waals surface area contributed by atoms with Crippen molar-refractivity contribution in [1.29, 1.82) is 5.26 Å². The predicted octanol–water partition coefficient (Wildman–Crippen LogP) is 3.95. The molecule has 0 spiro atoms. The van der Waals surface area contributed by atoms with E-state index < -0.39 is 0 Å². The van der Waals surface area contributed by atoms with Crippen LogP contribution in [0.2, 0.25) is 0 Å². The Balaban J connectivity index is 2.24. The van der Waals surface area contributed by atoms with E-state index >= 15 is 0 Å². The SMILES string of the molecule is CCCNC(C)(C#N)CCCCN1CCC(CC)(CC)C1. The highest BCUT2D eigenvalue weighted by atomic mass is 15.2. The second-order valence-corrected chi connectivity index (χ2v) is 7.06. The summed E-state index contributed by atoms with van der Waals surface area (Å²) in [6.45, 7) is 13.6. The summed E-state index contributed by atoms with van der Waals surface area (Å²) in [6.07, 6.45) is 8.40. The van der Waals surface area contributed by atoms with Gasteiger partial charge in [0.15, 0.2) is 0 Å². The van der Waals surface area contributed by atoms with Crippen LogP contribution in [0.25, 0.3) is 0 Å². The van der Waals surface area contributed by atoms with Crippen LogP contribution in [0.1, 0.15) is 72.6 Å². The molecule has 1 heterocycles. The standard InChI is InChI=1S/C18H35N3/c1-5-12-20-17(4,15-19)10-8-9-13-21-14-11-18(6-2,7-3)16-21/h20H,5-14,16H2,1-4H3. The Kier molecular flexibility index (Phi) is 7.70. The second kappa shape index (κ2) is 8.76. The van der Waals surface area contributed by atoms with Crippen LogP contribution in [0.5, 0.6) is 0 Å². The summed E-state index contributed by atoms with van der Waals surface area (Å²) in [5, 5.41) is 12.7. The Hall–Kier alpha value is -0.590. The summed E-state index contributed by atoms with van der Waals surface area (Å²) in [5.41, 5.74) is 0.251. The van der Waals surface area contributed by atoms with Gasteiger partial charge in [0.1, 0.15) is 5.54 Å². The first kappa shape index (κ1) is 18.5. The smallest absolute Gasteiger partial charge is 0.103 e. The van der Waals surface area contributed by atoms with Crippen molar-refractivity contribution >= 4 is 0 Å². The Morgan fingerprint density at radius 2 is 1.95 bits per heavy atom.